The minimum absolute atomic E-state index is 0.913. The molecule has 4 rings (SSSR count). The number of H-pyrrole nitrogens is 2. The zero-order valence-corrected chi connectivity index (χ0v) is 23.3. The molecule has 0 atom stereocenters. The summed E-state index contributed by atoms with van der Waals surface area (Å²) < 4.78 is 0. The monoisotopic (exact) mass is 482 g/mol. The van der Waals surface area contributed by atoms with Crippen molar-refractivity contribution in [1.82, 2.24) is 19.8 Å². The van der Waals surface area contributed by atoms with Crippen LogP contribution in [-0.2, 0) is 13.1 Å². The molecule has 0 saturated heterocycles. The molecule has 190 valence electrons. The van der Waals surface area contributed by atoms with E-state index in [9.17, 15) is 0 Å². The number of nitrogens with one attached hydrogen (secondary N) is 2. The molecular formula is C32H42N4. The van der Waals surface area contributed by atoms with Gasteiger partial charge in [0.15, 0.2) is 0 Å². The summed E-state index contributed by atoms with van der Waals surface area (Å²) in [6.45, 7) is 17.0. The van der Waals surface area contributed by atoms with Gasteiger partial charge in [0, 0.05) is 60.1 Å². The van der Waals surface area contributed by atoms with Gasteiger partial charge >= 0.3 is 0 Å². The first-order valence-electron chi connectivity index (χ1n) is 13.0. The molecule has 2 N–H and O–H groups in total. The number of likely N-dealkylation sites (N-methyl/N-ethyl adjacent to an activating group) is 2. The molecule has 0 aliphatic rings. The molecule has 0 amide bonds. The van der Waals surface area contributed by atoms with Crippen LogP contribution in [0.1, 0.15) is 44.8 Å². The maximum absolute atomic E-state index is 3.66. The van der Waals surface area contributed by atoms with E-state index in [-0.39, 0.29) is 0 Å². The van der Waals surface area contributed by atoms with Gasteiger partial charge in [-0.25, -0.2) is 0 Å². The average molecular weight is 483 g/mol. The maximum Gasteiger partial charge on any atom is 0.0461 e. The fourth-order valence-electron chi connectivity index (χ4n) is 5.65. The number of hydrogen-bond donors (Lipinski definition) is 2. The summed E-state index contributed by atoms with van der Waals surface area (Å²) >= 11 is 0. The SMILES string of the molecule is Cc1cc(C)c(-c2ccc(CN(C)CCN(C)Cc3ccc(-c4c(C)cc(C)cc4C)[nH]3)[nH]2)c(C)c1. The van der Waals surface area contributed by atoms with Gasteiger partial charge in [0.25, 0.3) is 0 Å². The largest absolute Gasteiger partial charge is 0.357 e. The second-order valence-corrected chi connectivity index (χ2v) is 10.8. The average Bonchev–Trinajstić information content (AvgIpc) is 3.41. The fourth-order valence-corrected chi connectivity index (χ4v) is 5.65. The third-order valence-corrected chi connectivity index (χ3v) is 7.13. The van der Waals surface area contributed by atoms with Gasteiger partial charge in [-0.2, -0.15) is 0 Å². The van der Waals surface area contributed by atoms with E-state index in [4.69, 9.17) is 0 Å². The molecule has 36 heavy (non-hydrogen) atoms. The summed E-state index contributed by atoms with van der Waals surface area (Å²) in [7, 11) is 4.40. The molecule has 2 aromatic heterocycles. The summed E-state index contributed by atoms with van der Waals surface area (Å²) in [6, 6.07) is 18.0. The molecule has 0 saturated carbocycles. The topological polar surface area (TPSA) is 38.1 Å². The van der Waals surface area contributed by atoms with Crippen molar-refractivity contribution in [1.29, 1.82) is 0 Å². The molecule has 2 aromatic carbocycles. The van der Waals surface area contributed by atoms with Crippen LogP contribution in [0.15, 0.2) is 48.5 Å². The quantitative estimate of drug-likeness (QED) is 0.267. The van der Waals surface area contributed by atoms with Gasteiger partial charge in [0.1, 0.15) is 0 Å². The van der Waals surface area contributed by atoms with Gasteiger partial charge in [-0.3, -0.25) is 9.80 Å². The summed E-state index contributed by atoms with van der Waals surface area (Å²) in [5, 5.41) is 0. The molecular weight excluding hydrogens is 440 g/mol. The lowest BCUT2D eigenvalue weighted by molar-refractivity contribution is 0.244. The molecule has 0 unspecified atom stereocenters. The lowest BCUT2D eigenvalue weighted by Gasteiger charge is -2.21. The van der Waals surface area contributed by atoms with Crippen LogP contribution in [-0.4, -0.2) is 47.0 Å². The number of aromatic amines is 2. The number of benzene rings is 2. The van der Waals surface area contributed by atoms with Crippen LogP contribution >= 0.6 is 0 Å². The second kappa shape index (κ2) is 10.9. The normalized spacial score (nSPS) is 11.7. The van der Waals surface area contributed by atoms with Crippen LogP contribution < -0.4 is 0 Å². The number of hydrogen-bond acceptors (Lipinski definition) is 2. The summed E-state index contributed by atoms with van der Waals surface area (Å²) in [5.74, 6) is 0. The van der Waals surface area contributed by atoms with Crippen molar-refractivity contribution in [2.75, 3.05) is 27.2 Å². The highest BCUT2D eigenvalue weighted by Crippen LogP contribution is 2.29. The molecule has 2 heterocycles. The molecule has 0 radical (unpaired) electrons. The lowest BCUT2D eigenvalue weighted by Crippen LogP contribution is -2.30. The van der Waals surface area contributed by atoms with Gasteiger partial charge in [-0.15, -0.1) is 0 Å². The molecule has 0 bridgehead atoms. The van der Waals surface area contributed by atoms with E-state index in [1.807, 2.05) is 0 Å². The molecule has 0 aliphatic heterocycles. The first-order chi connectivity index (χ1) is 17.1. The number of rotatable bonds is 9. The minimum Gasteiger partial charge on any atom is -0.357 e. The van der Waals surface area contributed by atoms with Crippen LogP contribution in [0.4, 0.5) is 0 Å². The number of aromatic nitrogens is 2. The van der Waals surface area contributed by atoms with Crippen molar-refractivity contribution in [2.24, 2.45) is 0 Å². The Labute approximate surface area is 217 Å². The molecule has 0 fully saturated rings. The van der Waals surface area contributed by atoms with E-state index < -0.39 is 0 Å². The van der Waals surface area contributed by atoms with E-state index in [2.05, 4.69) is 124 Å². The Bertz CT molecular complexity index is 1190. The van der Waals surface area contributed by atoms with Crippen molar-refractivity contribution in [3.8, 4) is 22.5 Å². The zero-order chi connectivity index (χ0) is 26.0. The van der Waals surface area contributed by atoms with Gasteiger partial charge in [0.05, 0.1) is 0 Å². The molecule has 4 heteroatoms. The van der Waals surface area contributed by atoms with Crippen LogP contribution in [0.2, 0.25) is 0 Å². The van der Waals surface area contributed by atoms with E-state index in [1.165, 1.54) is 67.3 Å². The molecule has 0 spiro atoms. The summed E-state index contributed by atoms with van der Waals surface area (Å²) in [4.78, 5) is 12.1. The summed E-state index contributed by atoms with van der Waals surface area (Å²) in [6.07, 6.45) is 0. The Hall–Kier alpha value is -3.08. The molecule has 0 aliphatic carbocycles. The predicted octanol–water partition coefficient (Wildman–Crippen LogP) is 7.09. The van der Waals surface area contributed by atoms with Gasteiger partial charge in [0.2, 0.25) is 0 Å². The van der Waals surface area contributed by atoms with Gasteiger partial charge in [-0.05, 0) is 102 Å². The fraction of sp³-hybridized carbons (Fsp3) is 0.375. The van der Waals surface area contributed by atoms with Crippen molar-refractivity contribution >= 4 is 0 Å². The number of aryl methyl sites for hydroxylation is 6. The Morgan fingerprint density at radius 3 is 1.19 bits per heavy atom. The third-order valence-electron chi connectivity index (χ3n) is 7.13. The van der Waals surface area contributed by atoms with E-state index in [1.54, 1.807) is 0 Å². The second-order valence-electron chi connectivity index (χ2n) is 10.8. The summed E-state index contributed by atoms with van der Waals surface area (Å²) in [5.41, 5.74) is 15.6. The van der Waals surface area contributed by atoms with Crippen molar-refractivity contribution in [3.05, 3.63) is 93.3 Å². The molecule has 4 aromatic rings. The number of nitrogens with zero attached hydrogens (tertiary/aromatic N) is 2. The van der Waals surface area contributed by atoms with Crippen molar-refractivity contribution < 1.29 is 0 Å². The first-order valence-corrected chi connectivity index (χ1v) is 13.0. The third kappa shape index (κ3) is 6.00. The Kier molecular flexibility index (Phi) is 7.87. The van der Waals surface area contributed by atoms with E-state index >= 15 is 0 Å². The van der Waals surface area contributed by atoms with Gasteiger partial charge < -0.3 is 9.97 Å². The predicted molar refractivity (Wildman–Crippen MR) is 154 cm³/mol. The maximum atomic E-state index is 3.66. The van der Waals surface area contributed by atoms with Crippen LogP contribution in [0, 0.1) is 41.5 Å². The lowest BCUT2D eigenvalue weighted by atomic mass is 9.98. The van der Waals surface area contributed by atoms with Crippen LogP contribution in [0.5, 0.6) is 0 Å². The Morgan fingerprint density at radius 1 is 0.528 bits per heavy atom. The van der Waals surface area contributed by atoms with E-state index in [0.717, 1.165) is 26.2 Å². The molecule has 4 nitrogen and oxygen atoms in total. The highest BCUT2D eigenvalue weighted by atomic mass is 15.2. The zero-order valence-electron chi connectivity index (χ0n) is 23.3. The first kappa shape index (κ1) is 26.0. The standard InChI is InChI=1S/C32H42N4/c1-21-15-23(3)31(24(4)16-21)29-11-9-27(33-29)19-35(7)13-14-36(8)20-28-10-12-30(34-28)32-25(5)17-22(2)18-26(32)6/h9-12,15-18,33-34H,13-14,19-20H2,1-8H3. The highest BCUT2D eigenvalue weighted by molar-refractivity contribution is 5.69. The smallest absolute Gasteiger partial charge is 0.0461 e. The van der Waals surface area contributed by atoms with Crippen LogP contribution in [0.25, 0.3) is 22.5 Å². The van der Waals surface area contributed by atoms with Crippen molar-refractivity contribution in [2.45, 2.75) is 54.6 Å². The minimum atomic E-state index is 0.913. The van der Waals surface area contributed by atoms with Crippen molar-refractivity contribution in [3.63, 3.8) is 0 Å². The Balaban J connectivity index is 1.31. The highest BCUT2D eigenvalue weighted by Gasteiger charge is 2.12. The Morgan fingerprint density at radius 2 is 0.861 bits per heavy atom. The van der Waals surface area contributed by atoms with E-state index in [0.29, 0.717) is 0 Å². The van der Waals surface area contributed by atoms with Gasteiger partial charge in [-0.1, -0.05) is 35.4 Å². The van der Waals surface area contributed by atoms with Crippen LogP contribution in [0.3, 0.4) is 0 Å².